The van der Waals surface area contributed by atoms with Crippen LogP contribution in [0, 0.1) is 0 Å². The zero-order valence-corrected chi connectivity index (χ0v) is 11.1. The lowest BCUT2D eigenvalue weighted by Crippen LogP contribution is -2.35. The van der Waals surface area contributed by atoms with Gasteiger partial charge in [-0.15, -0.1) is 0 Å². The summed E-state index contributed by atoms with van der Waals surface area (Å²) < 4.78 is 5.23. The molecule has 20 heavy (non-hydrogen) atoms. The molecule has 0 atom stereocenters. The van der Waals surface area contributed by atoms with Crippen LogP contribution in [0.15, 0.2) is 47.1 Å². The van der Waals surface area contributed by atoms with E-state index in [2.05, 4.69) is 0 Å². The second-order valence-corrected chi connectivity index (χ2v) is 4.23. The highest BCUT2D eigenvalue weighted by Crippen LogP contribution is 2.20. The highest BCUT2D eigenvalue weighted by molar-refractivity contribution is 6.08. The van der Waals surface area contributed by atoms with Gasteiger partial charge in [0.1, 0.15) is 12.3 Å². The van der Waals surface area contributed by atoms with Crippen LogP contribution in [-0.2, 0) is 11.2 Å². The van der Waals surface area contributed by atoms with E-state index in [1.165, 1.54) is 11.2 Å². The third kappa shape index (κ3) is 2.88. The van der Waals surface area contributed by atoms with Gasteiger partial charge in [0.05, 0.1) is 11.8 Å². The minimum Gasteiger partial charge on any atom is -0.480 e. The summed E-state index contributed by atoms with van der Waals surface area (Å²) in [6.45, 7) is 1.48. The third-order valence-corrected chi connectivity index (χ3v) is 2.90. The van der Waals surface area contributed by atoms with Crippen molar-refractivity contribution in [3.63, 3.8) is 0 Å². The molecule has 2 aromatic rings. The lowest BCUT2D eigenvalue weighted by atomic mass is 10.1. The topological polar surface area (TPSA) is 70.8 Å². The third-order valence-electron chi connectivity index (χ3n) is 2.90. The number of benzene rings is 1. The molecule has 1 heterocycles. The van der Waals surface area contributed by atoms with E-state index in [4.69, 9.17) is 9.52 Å². The number of para-hydroxylation sites is 1. The van der Waals surface area contributed by atoms with E-state index in [1.807, 2.05) is 13.0 Å². The first-order chi connectivity index (χ1) is 9.63. The van der Waals surface area contributed by atoms with Crippen LogP contribution in [0.3, 0.4) is 0 Å². The largest absolute Gasteiger partial charge is 0.480 e. The van der Waals surface area contributed by atoms with E-state index >= 15 is 0 Å². The monoisotopic (exact) mass is 273 g/mol. The maximum Gasteiger partial charge on any atom is 0.323 e. The first-order valence-electron chi connectivity index (χ1n) is 6.28. The fourth-order valence-electron chi connectivity index (χ4n) is 1.97. The molecule has 0 fully saturated rings. The van der Waals surface area contributed by atoms with Gasteiger partial charge in [0.15, 0.2) is 0 Å². The number of carboxylic acids is 1. The summed E-state index contributed by atoms with van der Waals surface area (Å²) in [5.74, 6) is -0.880. The standard InChI is InChI=1S/C15H15NO4/c1-2-13-12(8-9-20-13)15(19)16(10-14(17)18)11-6-4-3-5-7-11/h3-9H,2,10H2,1H3,(H,17,18). The molecule has 1 aromatic heterocycles. The van der Waals surface area contributed by atoms with Gasteiger partial charge >= 0.3 is 5.97 Å². The summed E-state index contributed by atoms with van der Waals surface area (Å²) in [5.41, 5.74) is 0.945. The summed E-state index contributed by atoms with van der Waals surface area (Å²) in [7, 11) is 0. The van der Waals surface area contributed by atoms with E-state index in [0.29, 0.717) is 23.4 Å². The Morgan fingerprint density at radius 1 is 1.20 bits per heavy atom. The van der Waals surface area contributed by atoms with Crippen LogP contribution in [0.2, 0.25) is 0 Å². The Kier molecular flexibility index (Phi) is 4.20. The van der Waals surface area contributed by atoms with Gasteiger partial charge in [0, 0.05) is 12.1 Å². The summed E-state index contributed by atoms with van der Waals surface area (Å²) in [6.07, 6.45) is 2.01. The zero-order valence-electron chi connectivity index (χ0n) is 11.1. The summed E-state index contributed by atoms with van der Waals surface area (Å²) >= 11 is 0. The second-order valence-electron chi connectivity index (χ2n) is 4.23. The van der Waals surface area contributed by atoms with Crippen molar-refractivity contribution >= 4 is 17.6 Å². The van der Waals surface area contributed by atoms with Crippen molar-refractivity contribution in [3.8, 4) is 0 Å². The Bertz CT molecular complexity index is 603. The number of carbonyl (C=O) groups excluding carboxylic acids is 1. The predicted molar refractivity (Wildman–Crippen MR) is 73.8 cm³/mol. The van der Waals surface area contributed by atoms with Crippen molar-refractivity contribution in [3.05, 3.63) is 54.0 Å². The summed E-state index contributed by atoms with van der Waals surface area (Å²) in [5, 5.41) is 9.00. The zero-order chi connectivity index (χ0) is 14.5. The van der Waals surface area contributed by atoms with Crippen LogP contribution in [0.25, 0.3) is 0 Å². The number of aryl methyl sites for hydroxylation is 1. The summed E-state index contributed by atoms with van der Waals surface area (Å²) in [6, 6.07) is 10.3. The van der Waals surface area contributed by atoms with Crippen molar-refractivity contribution in [2.75, 3.05) is 11.4 Å². The molecular formula is C15H15NO4. The number of amides is 1. The van der Waals surface area contributed by atoms with Crippen molar-refractivity contribution in [1.29, 1.82) is 0 Å². The van der Waals surface area contributed by atoms with Gasteiger partial charge in [-0.2, -0.15) is 0 Å². The Morgan fingerprint density at radius 3 is 2.50 bits per heavy atom. The van der Waals surface area contributed by atoms with E-state index in [-0.39, 0.29) is 5.91 Å². The summed E-state index contributed by atoms with van der Waals surface area (Å²) in [4.78, 5) is 24.7. The molecule has 5 nitrogen and oxygen atoms in total. The minimum atomic E-state index is -1.07. The average Bonchev–Trinajstić information content (AvgIpc) is 2.93. The molecule has 0 saturated heterocycles. The van der Waals surface area contributed by atoms with Gasteiger partial charge in [0.2, 0.25) is 0 Å². The molecule has 0 radical (unpaired) electrons. The van der Waals surface area contributed by atoms with Gasteiger partial charge in [0.25, 0.3) is 5.91 Å². The number of rotatable bonds is 5. The normalized spacial score (nSPS) is 10.2. The number of nitrogens with zero attached hydrogens (tertiary/aromatic N) is 1. The Hall–Kier alpha value is -2.56. The Labute approximate surface area is 116 Å². The number of hydrogen-bond donors (Lipinski definition) is 1. The fourth-order valence-corrected chi connectivity index (χ4v) is 1.97. The molecule has 1 amide bonds. The number of aliphatic carboxylic acids is 1. The van der Waals surface area contributed by atoms with Gasteiger partial charge in [-0.3, -0.25) is 14.5 Å². The van der Waals surface area contributed by atoms with Gasteiger partial charge in [-0.25, -0.2) is 0 Å². The molecule has 5 heteroatoms. The number of anilines is 1. The van der Waals surface area contributed by atoms with Crippen LogP contribution in [-0.4, -0.2) is 23.5 Å². The van der Waals surface area contributed by atoms with Crippen molar-refractivity contribution in [2.45, 2.75) is 13.3 Å². The van der Waals surface area contributed by atoms with Gasteiger partial charge in [-0.05, 0) is 18.2 Å². The second kappa shape index (κ2) is 6.06. The van der Waals surface area contributed by atoms with E-state index in [1.54, 1.807) is 30.3 Å². The van der Waals surface area contributed by atoms with E-state index in [9.17, 15) is 9.59 Å². The lowest BCUT2D eigenvalue weighted by Gasteiger charge is -2.20. The molecule has 0 aliphatic carbocycles. The molecule has 0 saturated carbocycles. The van der Waals surface area contributed by atoms with Crippen LogP contribution in [0.4, 0.5) is 5.69 Å². The molecule has 1 aromatic carbocycles. The van der Waals surface area contributed by atoms with Gasteiger partial charge in [-0.1, -0.05) is 25.1 Å². The van der Waals surface area contributed by atoms with Crippen LogP contribution in [0.5, 0.6) is 0 Å². The quantitative estimate of drug-likeness (QED) is 0.908. The molecular weight excluding hydrogens is 258 g/mol. The molecule has 1 N–H and O–H groups in total. The van der Waals surface area contributed by atoms with E-state index < -0.39 is 12.5 Å². The smallest absolute Gasteiger partial charge is 0.323 e. The first kappa shape index (κ1) is 13.9. The molecule has 104 valence electrons. The van der Waals surface area contributed by atoms with Crippen molar-refractivity contribution in [2.24, 2.45) is 0 Å². The van der Waals surface area contributed by atoms with Crippen molar-refractivity contribution in [1.82, 2.24) is 0 Å². The highest BCUT2D eigenvalue weighted by Gasteiger charge is 2.23. The van der Waals surface area contributed by atoms with Crippen molar-refractivity contribution < 1.29 is 19.1 Å². The molecule has 0 unspecified atom stereocenters. The number of hydrogen-bond acceptors (Lipinski definition) is 3. The maximum absolute atomic E-state index is 12.5. The van der Waals surface area contributed by atoms with Crippen LogP contribution in [0.1, 0.15) is 23.0 Å². The van der Waals surface area contributed by atoms with Crippen LogP contribution >= 0.6 is 0 Å². The fraction of sp³-hybridized carbons (Fsp3) is 0.200. The first-order valence-corrected chi connectivity index (χ1v) is 6.28. The van der Waals surface area contributed by atoms with Gasteiger partial charge < -0.3 is 9.52 Å². The van der Waals surface area contributed by atoms with E-state index in [0.717, 1.165) is 0 Å². The lowest BCUT2D eigenvalue weighted by molar-refractivity contribution is -0.135. The molecule has 0 aliphatic heterocycles. The number of carboxylic acid groups (broad SMARTS) is 1. The van der Waals surface area contributed by atoms with Crippen LogP contribution < -0.4 is 4.90 Å². The number of carbonyl (C=O) groups is 2. The Balaban J connectivity index is 2.37. The Morgan fingerprint density at radius 2 is 1.90 bits per heavy atom. The highest BCUT2D eigenvalue weighted by atomic mass is 16.4. The molecule has 2 rings (SSSR count). The minimum absolute atomic E-state index is 0.371. The molecule has 0 spiro atoms. The SMILES string of the molecule is CCc1occc1C(=O)N(CC(=O)O)c1ccccc1. The predicted octanol–water partition coefficient (Wildman–Crippen LogP) is 2.57. The molecule has 0 aliphatic rings. The number of furan rings is 1. The molecule has 0 bridgehead atoms. The maximum atomic E-state index is 12.5. The average molecular weight is 273 g/mol.